The van der Waals surface area contributed by atoms with E-state index in [1.807, 2.05) is 0 Å². The molecule has 0 atom stereocenters. The van der Waals surface area contributed by atoms with Crippen molar-refractivity contribution in [1.29, 1.82) is 0 Å². The predicted molar refractivity (Wildman–Crippen MR) is 91.6 cm³/mol. The largest absolute Gasteiger partial charge is 0.448 e. The minimum absolute atomic E-state index is 0.149. The number of ether oxygens (including phenoxy) is 1. The summed E-state index contributed by atoms with van der Waals surface area (Å²) in [6.45, 7) is 0. The second-order valence-corrected chi connectivity index (χ2v) is 8.20. The number of aromatic nitrogens is 3. The molecule has 0 aliphatic heterocycles. The van der Waals surface area contributed by atoms with Crippen LogP contribution in [0.5, 0.6) is 11.5 Å². The molecule has 0 N–H and O–H groups in total. The van der Waals surface area contributed by atoms with Crippen molar-refractivity contribution in [2.45, 2.75) is 24.0 Å². The first kappa shape index (κ1) is 17.5. The van der Waals surface area contributed by atoms with Gasteiger partial charge in [-0.05, 0) is 31.0 Å². The van der Waals surface area contributed by atoms with Crippen molar-refractivity contribution >= 4 is 20.9 Å². The first-order valence-corrected chi connectivity index (χ1v) is 9.88. The Balaban J connectivity index is 1.90. The summed E-state index contributed by atoms with van der Waals surface area (Å²) in [7, 11) is -3.65. The van der Waals surface area contributed by atoms with Gasteiger partial charge in [-0.25, -0.2) is 22.2 Å². The molecule has 27 heavy (non-hydrogen) atoms. The number of rotatable bonds is 4. The number of benzene rings is 1. The summed E-state index contributed by atoms with van der Waals surface area (Å²) in [4.78, 5) is 20.7. The van der Waals surface area contributed by atoms with Crippen LogP contribution in [0.2, 0.25) is 0 Å². The smallest absolute Gasteiger partial charge is 0.295 e. The molecule has 1 aliphatic rings. The van der Waals surface area contributed by atoms with Gasteiger partial charge in [-0.2, -0.15) is 4.98 Å². The molecule has 0 bridgehead atoms. The Labute approximate surface area is 152 Å². The van der Waals surface area contributed by atoms with Gasteiger partial charge in [0.15, 0.2) is 17.3 Å². The zero-order valence-electron chi connectivity index (χ0n) is 14.0. The fraction of sp³-hybridized carbons (Fsp3) is 0.235. The average molecular weight is 393 g/mol. The van der Waals surface area contributed by atoms with E-state index < -0.39 is 27.0 Å². The number of sulfone groups is 1. The second kappa shape index (κ2) is 6.08. The normalized spacial score (nSPS) is 14.5. The molecule has 0 spiro atoms. The Morgan fingerprint density at radius 2 is 1.93 bits per heavy atom. The van der Waals surface area contributed by atoms with Crippen molar-refractivity contribution < 1.29 is 21.9 Å². The third-order valence-electron chi connectivity index (χ3n) is 4.08. The fourth-order valence-electron chi connectivity index (χ4n) is 2.68. The highest BCUT2D eigenvalue weighted by atomic mass is 32.2. The zero-order chi connectivity index (χ0) is 19.3. The first-order valence-electron chi connectivity index (χ1n) is 7.99. The first-order chi connectivity index (χ1) is 12.7. The summed E-state index contributed by atoms with van der Waals surface area (Å²) in [5, 5.41) is -0.0199. The van der Waals surface area contributed by atoms with E-state index in [-0.39, 0.29) is 28.3 Å². The number of fused-ring (bicyclic) bond motifs is 1. The molecule has 2 aromatic heterocycles. The lowest BCUT2D eigenvalue weighted by Crippen LogP contribution is -2.22. The summed E-state index contributed by atoms with van der Waals surface area (Å²) in [5.41, 5.74) is -0.406. The minimum Gasteiger partial charge on any atom is -0.448 e. The molecule has 1 aromatic carbocycles. The van der Waals surface area contributed by atoms with Crippen molar-refractivity contribution in [3.63, 3.8) is 0 Å². The molecule has 2 heterocycles. The van der Waals surface area contributed by atoms with Crippen LogP contribution in [0, 0.1) is 11.6 Å². The van der Waals surface area contributed by atoms with Crippen LogP contribution in [0.4, 0.5) is 8.78 Å². The van der Waals surface area contributed by atoms with Gasteiger partial charge < -0.3 is 4.74 Å². The Morgan fingerprint density at radius 1 is 1.19 bits per heavy atom. The Hall–Kier alpha value is -2.88. The Kier molecular flexibility index (Phi) is 3.95. The van der Waals surface area contributed by atoms with Gasteiger partial charge >= 0.3 is 0 Å². The number of hydrogen-bond donors (Lipinski definition) is 0. The minimum atomic E-state index is -3.65. The van der Waals surface area contributed by atoms with Crippen molar-refractivity contribution in [1.82, 2.24) is 14.5 Å². The van der Waals surface area contributed by atoms with E-state index in [0.717, 1.165) is 31.2 Å². The molecule has 0 unspecified atom stereocenters. The van der Waals surface area contributed by atoms with Gasteiger partial charge in [0.2, 0.25) is 15.0 Å². The van der Waals surface area contributed by atoms with Crippen molar-refractivity contribution in [3.8, 4) is 11.5 Å². The Morgan fingerprint density at radius 3 is 2.56 bits per heavy atom. The molecular weight excluding hydrogens is 380 g/mol. The van der Waals surface area contributed by atoms with Gasteiger partial charge in [0.25, 0.3) is 5.56 Å². The van der Waals surface area contributed by atoms with Crippen LogP contribution >= 0.6 is 0 Å². The van der Waals surface area contributed by atoms with Crippen LogP contribution in [-0.2, 0) is 9.84 Å². The molecule has 4 rings (SSSR count). The monoisotopic (exact) mass is 393 g/mol. The SMILES string of the molecule is CS(=O)(=O)c1ncc2cc(Oc3ccc(F)cc3F)c(=O)n(C3CC3)c2n1. The van der Waals surface area contributed by atoms with E-state index in [1.54, 1.807) is 0 Å². The van der Waals surface area contributed by atoms with Crippen LogP contribution in [-0.4, -0.2) is 29.2 Å². The third kappa shape index (κ3) is 3.27. The summed E-state index contributed by atoms with van der Waals surface area (Å²) in [6.07, 6.45) is 3.69. The van der Waals surface area contributed by atoms with Gasteiger partial charge in [0, 0.05) is 29.9 Å². The fourth-order valence-corrected chi connectivity index (χ4v) is 3.18. The lowest BCUT2D eigenvalue weighted by Gasteiger charge is -2.13. The molecule has 0 amide bonds. The van der Waals surface area contributed by atoms with Gasteiger partial charge in [-0.15, -0.1) is 0 Å². The molecule has 0 saturated heterocycles. The van der Waals surface area contributed by atoms with E-state index in [1.165, 1.54) is 16.8 Å². The highest BCUT2D eigenvalue weighted by molar-refractivity contribution is 7.90. The van der Waals surface area contributed by atoms with E-state index in [9.17, 15) is 22.0 Å². The molecule has 3 aromatic rings. The predicted octanol–water partition coefficient (Wildman–Crippen LogP) is 2.60. The molecule has 10 heteroatoms. The zero-order valence-corrected chi connectivity index (χ0v) is 14.8. The second-order valence-electron chi connectivity index (χ2n) is 6.30. The van der Waals surface area contributed by atoms with E-state index in [0.29, 0.717) is 11.5 Å². The highest BCUT2D eigenvalue weighted by Crippen LogP contribution is 2.36. The van der Waals surface area contributed by atoms with E-state index in [4.69, 9.17) is 4.74 Å². The lowest BCUT2D eigenvalue weighted by atomic mass is 10.3. The molecule has 7 nitrogen and oxygen atoms in total. The van der Waals surface area contributed by atoms with Crippen molar-refractivity contribution in [2.24, 2.45) is 0 Å². The molecular formula is C17H13F2N3O4S. The Bertz CT molecular complexity index is 1240. The van der Waals surface area contributed by atoms with Crippen LogP contribution in [0.3, 0.4) is 0 Å². The summed E-state index contributed by atoms with van der Waals surface area (Å²) in [5.74, 6) is -2.20. The quantitative estimate of drug-likeness (QED) is 0.633. The molecule has 1 aliphatic carbocycles. The van der Waals surface area contributed by atoms with Gasteiger partial charge in [-0.1, -0.05) is 0 Å². The van der Waals surface area contributed by atoms with Gasteiger partial charge in [0.1, 0.15) is 11.5 Å². The summed E-state index contributed by atoms with van der Waals surface area (Å²) >= 11 is 0. The maximum absolute atomic E-state index is 13.9. The average Bonchev–Trinajstić information content (AvgIpc) is 3.41. The summed E-state index contributed by atoms with van der Waals surface area (Å²) in [6, 6.07) is 3.91. The highest BCUT2D eigenvalue weighted by Gasteiger charge is 2.29. The van der Waals surface area contributed by atoms with Crippen molar-refractivity contribution in [2.75, 3.05) is 6.26 Å². The molecule has 1 fully saturated rings. The van der Waals surface area contributed by atoms with E-state index >= 15 is 0 Å². The van der Waals surface area contributed by atoms with Crippen LogP contribution in [0.1, 0.15) is 18.9 Å². The third-order valence-corrected chi connectivity index (χ3v) is 4.94. The van der Waals surface area contributed by atoms with Crippen molar-refractivity contribution in [3.05, 3.63) is 52.5 Å². The molecule has 0 radical (unpaired) electrons. The number of pyridine rings is 1. The van der Waals surface area contributed by atoms with Gasteiger partial charge in [0.05, 0.1) is 0 Å². The maximum Gasteiger partial charge on any atom is 0.295 e. The standard InChI is InChI=1S/C17H13F2N3O4S/c1-27(24,25)17-20-8-9-6-14(26-13-5-2-10(18)7-12(13)19)16(23)22(11-3-4-11)15(9)21-17/h2,5-8,11H,3-4H2,1H3. The lowest BCUT2D eigenvalue weighted by molar-refractivity contribution is 0.428. The van der Waals surface area contributed by atoms with Crippen LogP contribution < -0.4 is 10.3 Å². The topological polar surface area (TPSA) is 91.2 Å². The number of nitrogens with zero attached hydrogens (tertiary/aromatic N) is 3. The number of hydrogen-bond acceptors (Lipinski definition) is 6. The molecule has 140 valence electrons. The van der Waals surface area contributed by atoms with Crippen LogP contribution in [0.15, 0.2) is 40.4 Å². The summed E-state index contributed by atoms with van der Waals surface area (Å²) < 4.78 is 57.1. The number of halogens is 2. The molecule has 1 saturated carbocycles. The van der Waals surface area contributed by atoms with Crippen LogP contribution in [0.25, 0.3) is 11.0 Å². The van der Waals surface area contributed by atoms with E-state index in [2.05, 4.69) is 9.97 Å². The van der Waals surface area contributed by atoms with Gasteiger partial charge in [-0.3, -0.25) is 9.36 Å². The maximum atomic E-state index is 13.9.